The Morgan fingerprint density at radius 1 is 1.35 bits per heavy atom. The predicted octanol–water partition coefficient (Wildman–Crippen LogP) is 2.67. The Balaban J connectivity index is 2.01. The van der Waals surface area contributed by atoms with Crippen molar-refractivity contribution < 1.29 is 9.47 Å². The number of hydrogen-bond acceptors (Lipinski definition) is 3. The largest absolute Gasteiger partial charge is 0.467 e. The van der Waals surface area contributed by atoms with Crippen molar-refractivity contribution in [1.29, 1.82) is 0 Å². The maximum Gasteiger partial charge on any atom is 0.189 e. The van der Waals surface area contributed by atoms with Gasteiger partial charge >= 0.3 is 0 Å². The summed E-state index contributed by atoms with van der Waals surface area (Å²) in [5.41, 5.74) is 2.36. The second-order valence-corrected chi connectivity index (χ2v) is 5.00. The minimum absolute atomic E-state index is 0.344. The Labute approximate surface area is 106 Å². The molecule has 2 aliphatic rings. The van der Waals surface area contributed by atoms with Gasteiger partial charge < -0.3 is 14.8 Å². The average Bonchev–Trinajstić information content (AvgIpc) is 2.39. The molecule has 1 atom stereocenters. The quantitative estimate of drug-likeness (QED) is 0.835. The summed E-state index contributed by atoms with van der Waals surface area (Å²) in [6.07, 6.45) is 2.38. The molecule has 1 unspecified atom stereocenters. The van der Waals surface area contributed by atoms with Gasteiger partial charge in [-0.2, -0.15) is 0 Å². The van der Waals surface area contributed by atoms with Crippen molar-refractivity contribution in [1.82, 2.24) is 5.32 Å². The number of ether oxygens (including phenoxy) is 2. The first-order valence-electron chi connectivity index (χ1n) is 6.09. The van der Waals surface area contributed by atoms with Gasteiger partial charge in [0.05, 0.1) is 6.61 Å². The van der Waals surface area contributed by atoms with E-state index in [1.54, 1.807) is 0 Å². The maximum atomic E-state index is 6.36. The molecule has 2 aliphatic heterocycles. The lowest BCUT2D eigenvalue weighted by molar-refractivity contribution is -0.0170. The molecule has 1 aromatic carbocycles. The fourth-order valence-electron chi connectivity index (χ4n) is 2.69. The van der Waals surface area contributed by atoms with Crippen molar-refractivity contribution in [3.8, 4) is 5.75 Å². The highest BCUT2D eigenvalue weighted by Gasteiger charge is 2.25. The highest BCUT2D eigenvalue weighted by molar-refractivity contribution is 6.31. The van der Waals surface area contributed by atoms with Gasteiger partial charge in [0.25, 0.3) is 0 Å². The molecule has 0 aromatic heterocycles. The third-order valence-electron chi connectivity index (χ3n) is 3.51. The van der Waals surface area contributed by atoms with E-state index >= 15 is 0 Å². The number of hydrogen-bond donors (Lipinski definition) is 1. The Bertz CT molecular complexity index is 416. The van der Waals surface area contributed by atoms with Crippen LogP contribution in [0.2, 0.25) is 5.02 Å². The van der Waals surface area contributed by atoms with E-state index in [1.165, 1.54) is 18.4 Å². The molecule has 1 N–H and O–H groups in total. The molecule has 0 radical (unpaired) electrons. The summed E-state index contributed by atoms with van der Waals surface area (Å²) in [6.45, 7) is 3.06. The van der Waals surface area contributed by atoms with Crippen LogP contribution < -0.4 is 10.1 Å². The molecule has 0 saturated carbocycles. The first-order chi connectivity index (χ1) is 8.36. The van der Waals surface area contributed by atoms with Crippen LogP contribution in [0.4, 0.5) is 0 Å². The third kappa shape index (κ3) is 2.15. The summed E-state index contributed by atoms with van der Waals surface area (Å²) in [4.78, 5) is 0. The van der Waals surface area contributed by atoms with Crippen LogP contribution in [0.25, 0.3) is 0 Å². The van der Waals surface area contributed by atoms with Gasteiger partial charge in [0, 0.05) is 17.1 Å². The zero-order chi connectivity index (χ0) is 11.7. The second-order valence-electron chi connectivity index (χ2n) is 4.59. The van der Waals surface area contributed by atoms with Gasteiger partial charge in [-0.15, -0.1) is 0 Å². The fraction of sp³-hybridized carbons (Fsp3) is 0.538. The number of fused-ring (bicyclic) bond motifs is 1. The van der Waals surface area contributed by atoms with Crippen molar-refractivity contribution in [2.24, 2.45) is 0 Å². The smallest absolute Gasteiger partial charge is 0.189 e. The van der Waals surface area contributed by atoms with Gasteiger partial charge in [0.15, 0.2) is 6.79 Å². The zero-order valence-corrected chi connectivity index (χ0v) is 10.4. The van der Waals surface area contributed by atoms with E-state index in [9.17, 15) is 0 Å². The zero-order valence-electron chi connectivity index (χ0n) is 9.67. The Morgan fingerprint density at radius 3 is 3.12 bits per heavy atom. The van der Waals surface area contributed by atoms with Crippen LogP contribution in [-0.4, -0.2) is 19.9 Å². The molecule has 3 rings (SSSR count). The molecular formula is C13H16ClNO2. The van der Waals surface area contributed by atoms with E-state index in [2.05, 4.69) is 5.32 Å². The second kappa shape index (κ2) is 4.84. The summed E-state index contributed by atoms with van der Waals surface area (Å²) in [7, 11) is 0. The first-order valence-corrected chi connectivity index (χ1v) is 6.46. The number of benzene rings is 1. The van der Waals surface area contributed by atoms with Gasteiger partial charge in [-0.05, 0) is 43.0 Å². The Kier molecular flexibility index (Phi) is 3.23. The molecule has 4 heteroatoms. The van der Waals surface area contributed by atoms with Crippen LogP contribution in [0.5, 0.6) is 5.75 Å². The van der Waals surface area contributed by atoms with Crippen molar-refractivity contribution in [2.75, 3.05) is 19.9 Å². The van der Waals surface area contributed by atoms with Gasteiger partial charge in [0.1, 0.15) is 5.75 Å². The van der Waals surface area contributed by atoms with Gasteiger partial charge in [-0.3, -0.25) is 0 Å². The van der Waals surface area contributed by atoms with E-state index in [0.717, 1.165) is 29.4 Å². The maximum absolute atomic E-state index is 6.36. The van der Waals surface area contributed by atoms with Crippen molar-refractivity contribution in [2.45, 2.75) is 25.4 Å². The van der Waals surface area contributed by atoms with Crippen molar-refractivity contribution in [3.05, 3.63) is 28.3 Å². The molecule has 1 aromatic rings. The Hall–Kier alpha value is -0.770. The van der Waals surface area contributed by atoms with E-state index in [-0.39, 0.29) is 0 Å². The summed E-state index contributed by atoms with van der Waals surface area (Å²) in [5, 5.41) is 4.27. The molecule has 0 spiro atoms. The lowest BCUT2D eigenvalue weighted by atomic mass is 9.88. The van der Waals surface area contributed by atoms with Crippen LogP contribution in [-0.2, 0) is 11.3 Å². The monoisotopic (exact) mass is 253 g/mol. The number of piperidine rings is 1. The minimum atomic E-state index is 0.344. The average molecular weight is 254 g/mol. The van der Waals surface area contributed by atoms with Crippen molar-refractivity contribution in [3.63, 3.8) is 0 Å². The van der Waals surface area contributed by atoms with Crippen molar-refractivity contribution >= 4 is 11.6 Å². The lowest BCUT2D eigenvalue weighted by Crippen LogP contribution is -2.29. The van der Waals surface area contributed by atoms with E-state index in [4.69, 9.17) is 21.1 Å². The van der Waals surface area contributed by atoms with Crippen LogP contribution in [0, 0.1) is 0 Å². The van der Waals surface area contributed by atoms with Crippen LogP contribution in [0.15, 0.2) is 12.1 Å². The molecule has 0 bridgehead atoms. The van der Waals surface area contributed by atoms with Crippen LogP contribution in [0.1, 0.15) is 29.9 Å². The summed E-state index contributed by atoms with van der Waals surface area (Å²) < 4.78 is 10.9. The SMILES string of the molecule is Clc1ccc2c(c1C1CCCNC1)COCO2. The fourth-order valence-corrected chi connectivity index (χ4v) is 3.02. The Morgan fingerprint density at radius 2 is 2.29 bits per heavy atom. The summed E-state index contributed by atoms with van der Waals surface area (Å²) in [6, 6.07) is 3.88. The van der Waals surface area contributed by atoms with Gasteiger partial charge in [-0.1, -0.05) is 11.6 Å². The van der Waals surface area contributed by atoms with E-state index < -0.39 is 0 Å². The van der Waals surface area contributed by atoms with Gasteiger partial charge in [0.2, 0.25) is 0 Å². The lowest BCUT2D eigenvalue weighted by Gasteiger charge is -2.29. The normalized spacial score (nSPS) is 23.9. The molecule has 0 amide bonds. The molecule has 0 aliphatic carbocycles. The number of nitrogens with one attached hydrogen (secondary N) is 1. The van der Waals surface area contributed by atoms with Crippen LogP contribution >= 0.6 is 11.6 Å². The summed E-state index contributed by atoms with van der Waals surface area (Å²) in [5.74, 6) is 1.41. The molecule has 1 fully saturated rings. The highest BCUT2D eigenvalue weighted by Crippen LogP contribution is 2.38. The summed E-state index contributed by atoms with van der Waals surface area (Å²) >= 11 is 6.36. The van der Waals surface area contributed by atoms with E-state index in [1.807, 2.05) is 12.1 Å². The molecule has 3 nitrogen and oxygen atoms in total. The molecule has 17 heavy (non-hydrogen) atoms. The topological polar surface area (TPSA) is 30.5 Å². The molecular weight excluding hydrogens is 238 g/mol. The molecule has 1 saturated heterocycles. The third-order valence-corrected chi connectivity index (χ3v) is 3.84. The highest BCUT2D eigenvalue weighted by atomic mass is 35.5. The number of rotatable bonds is 1. The first kappa shape index (κ1) is 11.3. The van der Waals surface area contributed by atoms with Gasteiger partial charge in [-0.25, -0.2) is 0 Å². The predicted molar refractivity (Wildman–Crippen MR) is 66.6 cm³/mol. The number of halogens is 1. The molecule has 2 heterocycles. The van der Waals surface area contributed by atoms with Crippen LogP contribution in [0.3, 0.4) is 0 Å². The van der Waals surface area contributed by atoms with E-state index in [0.29, 0.717) is 19.3 Å². The standard InChI is InChI=1S/C13H16ClNO2/c14-11-3-4-12-10(7-16-8-17-12)13(11)9-2-1-5-15-6-9/h3-4,9,15H,1-2,5-8H2. The minimum Gasteiger partial charge on any atom is -0.467 e. The molecule has 92 valence electrons.